The van der Waals surface area contributed by atoms with Crippen LogP contribution in [0.3, 0.4) is 0 Å². The summed E-state index contributed by atoms with van der Waals surface area (Å²) in [6.07, 6.45) is 1.34. The van der Waals surface area contributed by atoms with Crippen molar-refractivity contribution in [1.82, 2.24) is 15.1 Å². The van der Waals surface area contributed by atoms with Crippen LogP contribution < -0.4 is 0 Å². The third-order valence-corrected chi connectivity index (χ3v) is 4.54. The molecule has 6 nitrogen and oxygen atoms in total. The molecule has 1 saturated heterocycles. The average Bonchev–Trinajstić information content (AvgIpc) is 3.17. The maximum Gasteiger partial charge on any atom is 0.308 e. The summed E-state index contributed by atoms with van der Waals surface area (Å²) in [5.74, 6) is -1.52. The van der Waals surface area contributed by atoms with Gasteiger partial charge in [-0.15, -0.1) is 11.3 Å². The number of likely N-dealkylation sites (tertiary alicyclic amines) is 1. The summed E-state index contributed by atoms with van der Waals surface area (Å²) in [4.78, 5) is 26.1. The molecule has 2 N–H and O–H groups in total. The molecule has 3 heterocycles. The SMILES string of the molecule is O=C(O)C1CCCN(C(=O)c2cc(-c3cccs3)[nH]n2)C1. The van der Waals surface area contributed by atoms with Crippen molar-refractivity contribution in [1.29, 1.82) is 0 Å². The molecule has 2 aromatic heterocycles. The standard InChI is InChI=1S/C14H15N3O3S/c18-13(17-5-1-3-9(8-17)14(19)20)11-7-10(15-16-11)12-4-2-6-21-12/h2,4,6-7,9H,1,3,5,8H2,(H,15,16)(H,19,20). The molecule has 1 fully saturated rings. The summed E-state index contributed by atoms with van der Waals surface area (Å²) >= 11 is 1.57. The fourth-order valence-corrected chi connectivity index (χ4v) is 3.21. The number of nitrogens with one attached hydrogen (secondary N) is 1. The number of hydrogen-bond donors (Lipinski definition) is 2. The smallest absolute Gasteiger partial charge is 0.308 e. The van der Waals surface area contributed by atoms with E-state index in [1.807, 2.05) is 17.5 Å². The van der Waals surface area contributed by atoms with E-state index in [1.165, 1.54) is 0 Å². The van der Waals surface area contributed by atoms with Gasteiger partial charge in [-0.25, -0.2) is 0 Å². The molecular formula is C14H15N3O3S. The molecule has 0 radical (unpaired) electrons. The van der Waals surface area contributed by atoms with E-state index in [0.717, 1.165) is 10.6 Å². The Morgan fingerprint density at radius 3 is 3.05 bits per heavy atom. The molecule has 1 aliphatic rings. The van der Waals surface area contributed by atoms with E-state index in [4.69, 9.17) is 5.11 Å². The van der Waals surface area contributed by atoms with Gasteiger partial charge in [0.2, 0.25) is 0 Å². The van der Waals surface area contributed by atoms with Crippen LogP contribution in [-0.2, 0) is 4.79 Å². The Morgan fingerprint density at radius 1 is 1.48 bits per heavy atom. The second-order valence-electron chi connectivity index (χ2n) is 5.07. The Bertz CT molecular complexity index is 650. The number of carbonyl (C=O) groups is 2. The van der Waals surface area contributed by atoms with Gasteiger partial charge in [0.25, 0.3) is 5.91 Å². The Morgan fingerprint density at radius 2 is 2.33 bits per heavy atom. The van der Waals surface area contributed by atoms with Crippen molar-refractivity contribution in [2.75, 3.05) is 13.1 Å². The molecule has 7 heteroatoms. The molecule has 110 valence electrons. The van der Waals surface area contributed by atoms with Gasteiger partial charge in [0.15, 0.2) is 5.69 Å². The summed E-state index contributed by atoms with van der Waals surface area (Å²) in [6.45, 7) is 0.846. The number of nitrogens with zero attached hydrogens (tertiary/aromatic N) is 2. The highest BCUT2D eigenvalue weighted by atomic mass is 32.1. The summed E-state index contributed by atoms with van der Waals surface area (Å²) in [5.41, 5.74) is 1.14. The van der Waals surface area contributed by atoms with Crippen LogP contribution >= 0.6 is 11.3 Å². The maximum atomic E-state index is 12.4. The molecule has 0 aromatic carbocycles. The lowest BCUT2D eigenvalue weighted by molar-refractivity contribution is -0.143. The normalized spacial score (nSPS) is 18.7. The van der Waals surface area contributed by atoms with Gasteiger partial charge >= 0.3 is 5.97 Å². The Labute approximate surface area is 125 Å². The first-order valence-electron chi connectivity index (χ1n) is 6.76. The van der Waals surface area contributed by atoms with Crippen LogP contribution in [0.5, 0.6) is 0 Å². The molecule has 2 aromatic rings. The predicted molar refractivity (Wildman–Crippen MR) is 78.2 cm³/mol. The van der Waals surface area contributed by atoms with Crippen LogP contribution in [-0.4, -0.2) is 45.2 Å². The number of carbonyl (C=O) groups excluding carboxylic acids is 1. The third kappa shape index (κ3) is 2.82. The van der Waals surface area contributed by atoms with Gasteiger partial charge in [-0.1, -0.05) is 6.07 Å². The number of aliphatic carboxylic acids is 1. The van der Waals surface area contributed by atoms with Crippen molar-refractivity contribution in [3.8, 4) is 10.6 Å². The first-order chi connectivity index (χ1) is 10.1. The topological polar surface area (TPSA) is 86.3 Å². The van der Waals surface area contributed by atoms with Crippen molar-refractivity contribution in [3.63, 3.8) is 0 Å². The minimum absolute atomic E-state index is 0.208. The van der Waals surface area contributed by atoms with E-state index < -0.39 is 11.9 Å². The number of H-pyrrole nitrogens is 1. The van der Waals surface area contributed by atoms with Crippen LogP contribution in [0.4, 0.5) is 0 Å². The Kier molecular flexibility index (Phi) is 3.74. The quantitative estimate of drug-likeness (QED) is 0.909. The first kappa shape index (κ1) is 13.8. The zero-order valence-corrected chi connectivity index (χ0v) is 12.1. The molecule has 0 bridgehead atoms. The molecule has 1 atom stereocenters. The summed E-state index contributed by atoms with van der Waals surface area (Å²) in [5, 5.41) is 18.0. The lowest BCUT2D eigenvalue weighted by Gasteiger charge is -2.30. The average molecular weight is 305 g/mol. The summed E-state index contributed by atoms with van der Waals surface area (Å²) in [6, 6.07) is 5.61. The number of aromatic amines is 1. The second-order valence-corrected chi connectivity index (χ2v) is 6.02. The molecule has 21 heavy (non-hydrogen) atoms. The van der Waals surface area contributed by atoms with Gasteiger partial charge in [-0.2, -0.15) is 5.10 Å². The number of thiophene rings is 1. The number of carboxylic acids is 1. The first-order valence-corrected chi connectivity index (χ1v) is 7.64. The van der Waals surface area contributed by atoms with Crippen LogP contribution in [0.2, 0.25) is 0 Å². The second kappa shape index (κ2) is 5.69. The van der Waals surface area contributed by atoms with E-state index in [9.17, 15) is 9.59 Å². The zero-order chi connectivity index (χ0) is 14.8. The van der Waals surface area contributed by atoms with Crippen molar-refractivity contribution in [2.24, 2.45) is 5.92 Å². The number of aromatic nitrogens is 2. The molecule has 0 aliphatic carbocycles. The maximum absolute atomic E-state index is 12.4. The summed E-state index contributed by atoms with van der Waals surface area (Å²) < 4.78 is 0. The largest absolute Gasteiger partial charge is 0.481 e. The molecule has 1 aliphatic heterocycles. The third-order valence-electron chi connectivity index (χ3n) is 3.64. The molecule has 0 saturated carbocycles. The minimum Gasteiger partial charge on any atom is -0.481 e. The fraction of sp³-hybridized carbons (Fsp3) is 0.357. The molecule has 1 unspecified atom stereocenters. The van der Waals surface area contributed by atoms with E-state index in [-0.39, 0.29) is 12.5 Å². The van der Waals surface area contributed by atoms with Crippen molar-refractivity contribution in [2.45, 2.75) is 12.8 Å². The van der Waals surface area contributed by atoms with Crippen LogP contribution in [0.25, 0.3) is 10.6 Å². The lowest BCUT2D eigenvalue weighted by Crippen LogP contribution is -2.42. The van der Waals surface area contributed by atoms with Gasteiger partial charge in [0.05, 0.1) is 16.5 Å². The highest BCUT2D eigenvalue weighted by molar-refractivity contribution is 7.13. The van der Waals surface area contributed by atoms with Gasteiger partial charge in [0.1, 0.15) is 0 Å². The van der Waals surface area contributed by atoms with Crippen molar-refractivity contribution < 1.29 is 14.7 Å². The zero-order valence-electron chi connectivity index (χ0n) is 11.3. The number of rotatable bonds is 3. The van der Waals surface area contributed by atoms with E-state index in [1.54, 1.807) is 22.3 Å². The monoisotopic (exact) mass is 305 g/mol. The van der Waals surface area contributed by atoms with Crippen molar-refractivity contribution in [3.05, 3.63) is 29.3 Å². The number of piperidine rings is 1. The van der Waals surface area contributed by atoms with E-state index in [0.29, 0.717) is 25.1 Å². The number of amides is 1. The number of hydrogen-bond acceptors (Lipinski definition) is 4. The van der Waals surface area contributed by atoms with E-state index in [2.05, 4.69) is 10.2 Å². The summed E-state index contributed by atoms with van der Waals surface area (Å²) in [7, 11) is 0. The lowest BCUT2D eigenvalue weighted by atomic mass is 9.98. The van der Waals surface area contributed by atoms with Gasteiger partial charge in [0, 0.05) is 13.1 Å². The molecule has 0 spiro atoms. The molecule has 3 rings (SSSR count). The van der Waals surface area contributed by atoms with E-state index >= 15 is 0 Å². The number of carboxylic acid groups (broad SMARTS) is 1. The Balaban J connectivity index is 1.74. The molecule has 1 amide bonds. The van der Waals surface area contributed by atoms with Crippen LogP contribution in [0.1, 0.15) is 23.3 Å². The highest BCUT2D eigenvalue weighted by Gasteiger charge is 2.29. The van der Waals surface area contributed by atoms with Gasteiger partial charge in [-0.05, 0) is 30.4 Å². The van der Waals surface area contributed by atoms with Gasteiger partial charge in [-0.3, -0.25) is 14.7 Å². The fourth-order valence-electron chi connectivity index (χ4n) is 2.51. The van der Waals surface area contributed by atoms with Gasteiger partial charge < -0.3 is 10.0 Å². The van der Waals surface area contributed by atoms with Crippen molar-refractivity contribution >= 4 is 23.2 Å². The molecular weight excluding hydrogens is 290 g/mol. The Hall–Kier alpha value is -2.15. The minimum atomic E-state index is -0.839. The highest BCUT2D eigenvalue weighted by Crippen LogP contribution is 2.24. The van der Waals surface area contributed by atoms with Crippen LogP contribution in [0, 0.1) is 5.92 Å². The van der Waals surface area contributed by atoms with Crippen LogP contribution in [0.15, 0.2) is 23.6 Å². The predicted octanol–water partition coefficient (Wildman–Crippen LogP) is 2.08.